The standard InChI is InChI=1S/C15H20N4O3/c1-5-13-14(19(20)21)15(18(3)16-13)17(2)10-11-6-8-12(22-4)9-7-11/h6-9H,5,10H2,1-4H3. The number of rotatable bonds is 6. The first kappa shape index (κ1) is 15.8. The van der Waals surface area contributed by atoms with Crippen LogP contribution < -0.4 is 9.64 Å². The second kappa shape index (κ2) is 6.46. The zero-order valence-corrected chi connectivity index (χ0v) is 13.2. The molecule has 2 rings (SSSR count). The quantitative estimate of drug-likeness (QED) is 0.605. The van der Waals surface area contributed by atoms with Gasteiger partial charge in [-0.25, -0.2) is 4.68 Å². The lowest BCUT2D eigenvalue weighted by molar-refractivity contribution is -0.384. The fourth-order valence-corrected chi connectivity index (χ4v) is 2.49. The van der Waals surface area contributed by atoms with Gasteiger partial charge < -0.3 is 9.64 Å². The lowest BCUT2D eigenvalue weighted by Gasteiger charge is -2.18. The molecule has 0 saturated carbocycles. The SMILES string of the molecule is CCc1nn(C)c(N(C)Cc2ccc(OC)cc2)c1[N+](=O)[O-]. The number of hydrogen-bond acceptors (Lipinski definition) is 5. The lowest BCUT2D eigenvalue weighted by atomic mass is 10.2. The number of ether oxygens (including phenoxy) is 1. The van der Waals surface area contributed by atoms with E-state index in [1.54, 1.807) is 18.8 Å². The normalized spacial score (nSPS) is 10.5. The van der Waals surface area contributed by atoms with Gasteiger partial charge in [-0.15, -0.1) is 0 Å². The molecule has 0 N–H and O–H groups in total. The Morgan fingerprint density at radius 3 is 2.50 bits per heavy atom. The van der Waals surface area contributed by atoms with Crippen LogP contribution in [0.2, 0.25) is 0 Å². The van der Waals surface area contributed by atoms with E-state index in [-0.39, 0.29) is 10.6 Å². The molecule has 2 aromatic rings. The number of anilines is 1. The Kier molecular flexibility index (Phi) is 4.65. The van der Waals surface area contributed by atoms with Crippen LogP contribution in [0.15, 0.2) is 24.3 Å². The highest BCUT2D eigenvalue weighted by atomic mass is 16.6. The zero-order chi connectivity index (χ0) is 16.3. The largest absolute Gasteiger partial charge is 0.497 e. The van der Waals surface area contributed by atoms with Crippen LogP contribution in [-0.2, 0) is 20.0 Å². The fraction of sp³-hybridized carbons (Fsp3) is 0.400. The van der Waals surface area contributed by atoms with Crippen LogP contribution >= 0.6 is 0 Å². The number of aromatic nitrogens is 2. The minimum absolute atomic E-state index is 0.0843. The number of methoxy groups -OCH3 is 1. The maximum atomic E-state index is 11.4. The van der Waals surface area contributed by atoms with E-state index in [0.29, 0.717) is 24.5 Å². The predicted molar refractivity (Wildman–Crippen MR) is 84.3 cm³/mol. The summed E-state index contributed by atoms with van der Waals surface area (Å²) in [5.41, 5.74) is 1.63. The topological polar surface area (TPSA) is 73.4 Å². The maximum absolute atomic E-state index is 11.4. The molecule has 0 amide bonds. The molecule has 0 unspecified atom stereocenters. The van der Waals surface area contributed by atoms with Crippen molar-refractivity contribution in [2.24, 2.45) is 7.05 Å². The highest BCUT2D eigenvalue weighted by molar-refractivity contribution is 5.61. The molecule has 0 fully saturated rings. The molecule has 0 bridgehead atoms. The van der Waals surface area contributed by atoms with Gasteiger partial charge in [0.25, 0.3) is 0 Å². The van der Waals surface area contributed by atoms with E-state index in [1.165, 1.54) is 0 Å². The summed E-state index contributed by atoms with van der Waals surface area (Å²) in [7, 11) is 5.17. The number of benzene rings is 1. The number of hydrogen-bond donors (Lipinski definition) is 0. The summed E-state index contributed by atoms with van der Waals surface area (Å²) in [6, 6.07) is 7.63. The second-order valence-electron chi connectivity index (χ2n) is 5.06. The Morgan fingerprint density at radius 2 is 2.00 bits per heavy atom. The molecule has 1 aromatic heterocycles. The molecule has 0 aliphatic carbocycles. The van der Waals surface area contributed by atoms with Crippen molar-refractivity contribution < 1.29 is 9.66 Å². The van der Waals surface area contributed by atoms with E-state index < -0.39 is 0 Å². The summed E-state index contributed by atoms with van der Waals surface area (Å²) in [5, 5.41) is 15.6. The van der Waals surface area contributed by atoms with Crippen LogP contribution in [-0.4, -0.2) is 28.9 Å². The number of nitrogens with zero attached hydrogens (tertiary/aromatic N) is 4. The molecule has 0 aliphatic rings. The van der Waals surface area contributed by atoms with E-state index in [0.717, 1.165) is 11.3 Å². The summed E-state index contributed by atoms with van der Waals surface area (Å²) in [6.07, 6.45) is 0.528. The van der Waals surface area contributed by atoms with Crippen molar-refractivity contribution in [2.75, 3.05) is 19.1 Å². The maximum Gasteiger partial charge on any atom is 0.334 e. The van der Waals surface area contributed by atoms with Crippen molar-refractivity contribution in [1.29, 1.82) is 0 Å². The van der Waals surface area contributed by atoms with Crippen molar-refractivity contribution in [1.82, 2.24) is 9.78 Å². The monoisotopic (exact) mass is 304 g/mol. The summed E-state index contributed by atoms with van der Waals surface area (Å²) in [5.74, 6) is 1.30. The van der Waals surface area contributed by atoms with Gasteiger partial charge >= 0.3 is 5.69 Å². The van der Waals surface area contributed by atoms with Gasteiger partial charge in [-0.2, -0.15) is 5.10 Å². The number of nitro groups is 1. The van der Waals surface area contributed by atoms with Crippen LogP contribution in [0.5, 0.6) is 5.75 Å². The minimum atomic E-state index is -0.355. The third-order valence-electron chi connectivity index (χ3n) is 3.52. The molecule has 0 saturated heterocycles. The van der Waals surface area contributed by atoms with Crippen LogP contribution in [0.3, 0.4) is 0 Å². The molecule has 7 heteroatoms. The van der Waals surface area contributed by atoms with Crippen LogP contribution in [0, 0.1) is 10.1 Å². The average molecular weight is 304 g/mol. The first-order chi connectivity index (χ1) is 10.5. The van der Waals surface area contributed by atoms with Crippen molar-refractivity contribution in [2.45, 2.75) is 19.9 Å². The molecule has 0 atom stereocenters. The van der Waals surface area contributed by atoms with E-state index in [2.05, 4.69) is 5.10 Å². The number of aryl methyl sites for hydroxylation is 2. The van der Waals surface area contributed by atoms with E-state index >= 15 is 0 Å². The summed E-state index contributed by atoms with van der Waals surface area (Å²) in [6.45, 7) is 2.41. The smallest absolute Gasteiger partial charge is 0.334 e. The van der Waals surface area contributed by atoms with Crippen molar-refractivity contribution in [3.63, 3.8) is 0 Å². The second-order valence-corrected chi connectivity index (χ2v) is 5.06. The van der Waals surface area contributed by atoms with E-state index in [4.69, 9.17) is 4.74 Å². The van der Waals surface area contributed by atoms with Crippen LogP contribution in [0.1, 0.15) is 18.2 Å². The molecule has 0 radical (unpaired) electrons. The van der Waals surface area contributed by atoms with Gasteiger partial charge in [0.15, 0.2) is 0 Å². The molecular weight excluding hydrogens is 284 g/mol. The fourth-order valence-electron chi connectivity index (χ4n) is 2.49. The lowest BCUT2D eigenvalue weighted by Crippen LogP contribution is -2.20. The molecule has 7 nitrogen and oxygen atoms in total. The molecule has 118 valence electrons. The Hall–Kier alpha value is -2.57. The van der Waals surface area contributed by atoms with Crippen molar-refractivity contribution in [3.8, 4) is 5.75 Å². The summed E-state index contributed by atoms with van der Waals surface area (Å²) in [4.78, 5) is 12.8. The van der Waals surface area contributed by atoms with Gasteiger partial charge in [-0.05, 0) is 24.1 Å². The van der Waals surface area contributed by atoms with Gasteiger partial charge in [0.05, 0.1) is 12.0 Å². The van der Waals surface area contributed by atoms with Crippen molar-refractivity contribution in [3.05, 3.63) is 45.6 Å². The van der Waals surface area contributed by atoms with Crippen LogP contribution in [0.25, 0.3) is 0 Å². The third kappa shape index (κ3) is 3.03. The molecule has 22 heavy (non-hydrogen) atoms. The summed E-state index contributed by atoms with van der Waals surface area (Å²) < 4.78 is 6.70. The molecular formula is C15H20N4O3. The van der Waals surface area contributed by atoms with Crippen LogP contribution in [0.4, 0.5) is 11.5 Å². The van der Waals surface area contributed by atoms with Gasteiger partial charge in [0.1, 0.15) is 11.4 Å². The van der Waals surface area contributed by atoms with Gasteiger partial charge in [0, 0.05) is 20.6 Å². The Morgan fingerprint density at radius 1 is 1.36 bits per heavy atom. The average Bonchev–Trinajstić information content (AvgIpc) is 2.85. The Balaban J connectivity index is 2.30. The first-order valence-corrected chi connectivity index (χ1v) is 7.02. The van der Waals surface area contributed by atoms with E-state index in [9.17, 15) is 10.1 Å². The molecule has 1 heterocycles. The van der Waals surface area contributed by atoms with E-state index in [1.807, 2.05) is 43.1 Å². The summed E-state index contributed by atoms with van der Waals surface area (Å²) >= 11 is 0. The predicted octanol–water partition coefficient (Wildman–Crippen LogP) is 2.54. The molecule has 1 aromatic carbocycles. The van der Waals surface area contributed by atoms with Crippen molar-refractivity contribution >= 4 is 11.5 Å². The highest BCUT2D eigenvalue weighted by Gasteiger charge is 2.28. The van der Waals surface area contributed by atoms with Gasteiger partial charge in [0.2, 0.25) is 5.82 Å². The third-order valence-corrected chi connectivity index (χ3v) is 3.52. The Labute approximate surface area is 129 Å². The van der Waals surface area contributed by atoms with Gasteiger partial charge in [-0.3, -0.25) is 10.1 Å². The molecule has 0 aliphatic heterocycles. The van der Waals surface area contributed by atoms with Gasteiger partial charge in [-0.1, -0.05) is 19.1 Å². The first-order valence-electron chi connectivity index (χ1n) is 7.02. The molecule has 0 spiro atoms. The Bertz CT molecular complexity index is 664. The zero-order valence-electron chi connectivity index (χ0n) is 13.2. The highest BCUT2D eigenvalue weighted by Crippen LogP contribution is 2.31. The minimum Gasteiger partial charge on any atom is -0.497 e.